The molecular formula is C12H18IN. The summed E-state index contributed by atoms with van der Waals surface area (Å²) < 4.78 is 1.30. The molecule has 1 N–H and O–H groups in total. The summed E-state index contributed by atoms with van der Waals surface area (Å²) in [4.78, 5) is 0. The van der Waals surface area contributed by atoms with E-state index in [1.807, 2.05) is 0 Å². The molecule has 0 aliphatic heterocycles. The second-order valence-corrected chi connectivity index (χ2v) is 5.10. The van der Waals surface area contributed by atoms with Gasteiger partial charge in [0.2, 0.25) is 0 Å². The van der Waals surface area contributed by atoms with Crippen LogP contribution in [-0.2, 0) is 0 Å². The molecule has 0 saturated carbocycles. The van der Waals surface area contributed by atoms with E-state index in [2.05, 4.69) is 66.0 Å². The Kier molecular flexibility index (Phi) is 5.30. The van der Waals surface area contributed by atoms with E-state index in [1.54, 1.807) is 0 Å². The molecule has 1 nitrogen and oxygen atoms in total. The van der Waals surface area contributed by atoms with Gasteiger partial charge in [-0.2, -0.15) is 0 Å². The zero-order valence-corrected chi connectivity index (χ0v) is 11.0. The molecular weight excluding hydrogens is 285 g/mol. The molecule has 0 bridgehead atoms. The van der Waals surface area contributed by atoms with Crippen molar-refractivity contribution in [3.8, 4) is 0 Å². The normalized spacial score (nSPS) is 10.6. The highest BCUT2D eigenvalue weighted by atomic mass is 127. The van der Waals surface area contributed by atoms with Gasteiger partial charge in [0.05, 0.1) is 0 Å². The Morgan fingerprint density at radius 1 is 1.29 bits per heavy atom. The fourth-order valence-corrected chi connectivity index (χ4v) is 1.92. The van der Waals surface area contributed by atoms with Gasteiger partial charge >= 0.3 is 0 Å². The highest BCUT2D eigenvalue weighted by Crippen LogP contribution is 2.17. The van der Waals surface area contributed by atoms with E-state index in [9.17, 15) is 0 Å². The van der Waals surface area contributed by atoms with Gasteiger partial charge in [-0.25, -0.2) is 0 Å². The standard InChI is InChI=1S/C12H18IN/c1-10(2)6-5-9-14-12-8-4-3-7-11(12)13/h3-4,7-8,10,14H,5-6,9H2,1-2H3. The summed E-state index contributed by atoms with van der Waals surface area (Å²) in [5, 5.41) is 3.46. The van der Waals surface area contributed by atoms with Crippen molar-refractivity contribution in [2.75, 3.05) is 11.9 Å². The third-order valence-electron chi connectivity index (χ3n) is 2.15. The van der Waals surface area contributed by atoms with E-state index in [4.69, 9.17) is 0 Å². The Morgan fingerprint density at radius 3 is 2.64 bits per heavy atom. The summed E-state index contributed by atoms with van der Waals surface area (Å²) in [6, 6.07) is 8.41. The minimum Gasteiger partial charge on any atom is -0.384 e. The van der Waals surface area contributed by atoms with Gasteiger partial charge < -0.3 is 5.32 Å². The van der Waals surface area contributed by atoms with Gasteiger partial charge in [0.1, 0.15) is 0 Å². The minimum absolute atomic E-state index is 0.812. The molecule has 0 fully saturated rings. The van der Waals surface area contributed by atoms with Gasteiger partial charge in [0.15, 0.2) is 0 Å². The Morgan fingerprint density at radius 2 is 2.00 bits per heavy atom. The van der Waals surface area contributed by atoms with E-state index >= 15 is 0 Å². The molecule has 0 atom stereocenters. The molecule has 14 heavy (non-hydrogen) atoms. The SMILES string of the molecule is CC(C)CCCNc1ccccc1I. The van der Waals surface area contributed by atoms with Crippen molar-refractivity contribution >= 4 is 28.3 Å². The van der Waals surface area contributed by atoms with Crippen LogP contribution in [0.5, 0.6) is 0 Å². The first-order valence-electron chi connectivity index (χ1n) is 5.18. The average Bonchev–Trinajstić information content (AvgIpc) is 2.15. The number of hydrogen-bond acceptors (Lipinski definition) is 1. The fraction of sp³-hybridized carbons (Fsp3) is 0.500. The van der Waals surface area contributed by atoms with Crippen LogP contribution in [0.2, 0.25) is 0 Å². The highest BCUT2D eigenvalue weighted by molar-refractivity contribution is 14.1. The van der Waals surface area contributed by atoms with Crippen molar-refractivity contribution in [3.05, 3.63) is 27.8 Å². The van der Waals surface area contributed by atoms with Crippen LogP contribution in [0.25, 0.3) is 0 Å². The number of halogens is 1. The molecule has 0 unspecified atom stereocenters. The molecule has 0 spiro atoms. The Balaban J connectivity index is 2.28. The van der Waals surface area contributed by atoms with Crippen LogP contribution in [-0.4, -0.2) is 6.54 Å². The van der Waals surface area contributed by atoms with Gasteiger partial charge in [-0.15, -0.1) is 0 Å². The molecule has 0 heterocycles. The third kappa shape index (κ3) is 4.31. The lowest BCUT2D eigenvalue weighted by Crippen LogP contribution is -2.04. The summed E-state index contributed by atoms with van der Waals surface area (Å²) in [6.45, 7) is 5.62. The van der Waals surface area contributed by atoms with Crippen molar-refractivity contribution in [1.82, 2.24) is 0 Å². The first kappa shape index (κ1) is 11.8. The van der Waals surface area contributed by atoms with Gasteiger partial charge in [-0.05, 0) is 53.5 Å². The predicted molar refractivity (Wildman–Crippen MR) is 71.7 cm³/mol. The van der Waals surface area contributed by atoms with Crippen LogP contribution in [0, 0.1) is 9.49 Å². The molecule has 1 rings (SSSR count). The Hall–Kier alpha value is -0.250. The second kappa shape index (κ2) is 6.27. The number of rotatable bonds is 5. The molecule has 0 radical (unpaired) electrons. The molecule has 78 valence electrons. The largest absolute Gasteiger partial charge is 0.384 e. The lowest BCUT2D eigenvalue weighted by molar-refractivity contribution is 0.567. The van der Waals surface area contributed by atoms with Crippen molar-refractivity contribution in [2.45, 2.75) is 26.7 Å². The maximum Gasteiger partial charge on any atom is 0.0475 e. The molecule has 0 saturated heterocycles. The van der Waals surface area contributed by atoms with Crippen LogP contribution in [0.15, 0.2) is 24.3 Å². The topological polar surface area (TPSA) is 12.0 Å². The van der Waals surface area contributed by atoms with E-state index < -0.39 is 0 Å². The van der Waals surface area contributed by atoms with Gasteiger partial charge in [-0.1, -0.05) is 26.0 Å². The molecule has 1 aromatic rings. The van der Waals surface area contributed by atoms with Crippen molar-refractivity contribution < 1.29 is 0 Å². The molecule has 0 amide bonds. The Bertz CT molecular complexity index is 271. The van der Waals surface area contributed by atoms with Crippen molar-refractivity contribution in [1.29, 1.82) is 0 Å². The van der Waals surface area contributed by atoms with E-state index in [-0.39, 0.29) is 0 Å². The van der Waals surface area contributed by atoms with Crippen molar-refractivity contribution in [3.63, 3.8) is 0 Å². The average molecular weight is 303 g/mol. The summed E-state index contributed by atoms with van der Waals surface area (Å²) >= 11 is 2.36. The fourth-order valence-electron chi connectivity index (χ4n) is 1.34. The summed E-state index contributed by atoms with van der Waals surface area (Å²) in [7, 11) is 0. The molecule has 0 aliphatic carbocycles. The molecule has 2 heteroatoms. The number of anilines is 1. The monoisotopic (exact) mass is 303 g/mol. The first-order chi connectivity index (χ1) is 6.70. The number of para-hydroxylation sites is 1. The van der Waals surface area contributed by atoms with E-state index in [0.29, 0.717) is 0 Å². The van der Waals surface area contributed by atoms with Crippen molar-refractivity contribution in [2.24, 2.45) is 5.92 Å². The van der Waals surface area contributed by atoms with E-state index in [1.165, 1.54) is 22.1 Å². The smallest absolute Gasteiger partial charge is 0.0475 e. The maximum absolute atomic E-state index is 3.46. The van der Waals surface area contributed by atoms with E-state index in [0.717, 1.165) is 12.5 Å². The van der Waals surface area contributed by atoms with Gasteiger partial charge in [-0.3, -0.25) is 0 Å². The number of benzene rings is 1. The predicted octanol–water partition coefficient (Wildman–Crippen LogP) is 4.14. The summed E-state index contributed by atoms with van der Waals surface area (Å²) in [5.74, 6) is 0.812. The Labute approximate surface area is 100 Å². The van der Waals surface area contributed by atoms with Crippen LogP contribution >= 0.6 is 22.6 Å². The van der Waals surface area contributed by atoms with Crippen LogP contribution in [0.3, 0.4) is 0 Å². The zero-order chi connectivity index (χ0) is 10.4. The molecule has 0 aliphatic rings. The van der Waals surface area contributed by atoms with Crippen LogP contribution < -0.4 is 5.32 Å². The number of nitrogens with one attached hydrogen (secondary N) is 1. The quantitative estimate of drug-likeness (QED) is 0.637. The van der Waals surface area contributed by atoms with Crippen LogP contribution in [0.1, 0.15) is 26.7 Å². The zero-order valence-electron chi connectivity index (χ0n) is 8.89. The minimum atomic E-state index is 0.812. The summed E-state index contributed by atoms with van der Waals surface area (Å²) in [5.41, 5.74) is 1.26. The molecule has 1 aromatic carbocycles. The number of hydrogen-bond donors (Lipinski definition) is 1. The van der Waals surface area contributed by atoms with Gasteiger partial charge in [0, 0.05) is 15.8 Å². The lowest BCUT2D eigenvalue weighted by atomic mass is 10.1. The third-order valence-corrected chi connectivity index (χ3v) is 3.09. The highest BCUT2D eigenvalue weighted by Gasteiger charge is 1.97. The summed E-state index contributed by atoms with van der Waals surface area (Å²) in [6.07, 6.45) is 2.55. The lowest BCUT2D eigenvalue weighted by Gasteiger charge is -2.09. The maximum atomic E-state index is 3.46. The first-order valence-corrected chi connectivity index (χ1v) is 6.26. The molecule has 0 aromatic heterocycles. The van der Waals surface area contributed by atoms with Crippen LogP contribution in [0.4, 0.5) is 5.69 Å². The second-order valence-electron chi connectivity index (χ2n) is 3.94. The van der Waals surface area contributed by atoms with Gasteiger partial charge in [0.25, 0.3) is 0 Å².